The molecule has 0 aliphatic heterocycles. The molecule has 0 bridgehead atoms. The molecule has 0 aromatic heterocycles. The fraction of sp³-hybridized carbons (Fsp3) is 0.182. The molecule has 0 fully saturated rings. The van der Waals surface area contributed by atoms with Gasteiger partial charge in [0, 0.05) is 10.6 Å². The fourth-order valence-corrected chi connectivity index (χ4v) is 1.17. The minimum atomic E-state index is -0.969. The summed E-state index contributed by atoms with van der Waals surface area (Å²) in [5.74, 6) is -1.89. The molecule has 0 atom stereocenters. The average molecular weight is 255 g/mol. The number of esters is 1. The molecule has 1 aromatic carbocycles. The molecule has 0 aliphatic carbocycles. The number of ether oxygens (including phenoxy) is 1. The Morgan fingerprint density at radius 1 is 1.47 bits per heavy atom. The molecule has 0 saturated heterocycles. The Labute approximate surface area is 103 Å². The van der Waals surface area contributed by atoms with Crippen LogP contribution < -0.4 is 5.43 Å². The molecule has 0 spiro atoms. The van der Waals surface area contributed by atoms with E-state index in [0.29, 0.717) is 10.6 Å². The van der Waals surface area contributed by atoms with Crippen LogP contribution in [0.15, 0.2) is 29.4 Å². The number of hydrazone groups is 1. The quantitative estimate of drug-likeness (QED) is 0.383. The number of amides is 1. The highest BCUT2D eigenvalue weighted by atomic mass is 35.5. The second-order valence-electron chi connectivity index (χ2n) is 2.94. The van der Waals surface area contributed by atoms with Crippen LogP contribution in [-0.4, -0.2) is 24.7 Å². The van der Waals surface area contributed by atoms with Gasteiger partial charge in [0.1, 0.15) is 0 Å². The van der Waals surface area contributed by atoms with Crippen molar-refractivity contribution in [3.05, 3.63) is 34.9 Å². The van der Waals surface area contributed by atoms with Crippen molar-refractivity contribution in [3.8, 4) is 0 Å². The lowest BCUT2D eigenvalue weighted by molar-refractivity contribution is -0.154. The van der Waals surface area contributed by atoms with Crippen LogP contribution in [-0.2, 0) is 14.3 Å². The van der Waals surface area contributed by atoms with Crippen molar-refractivity contribution in [2.45, 2.75) is 6.92 Å². The first kappa shape index (κ1) is 13.2. The van der Waals surface area contributed by atoms with Crippen LogP contribution in [0.1, 0.15) is 12.5 Å². The zero-order valence-electron chi connectivity index (χ0n) is 9.14. The van der Waals surface area contributed by atoms with Gasteiger partial charge in [0.05, 0.1) is 12.8 Å². The Balaban J connectivity index is 2.54. The number of carbonyl (C=O) groups excluding carboxylic acids is 2. The average Bonchev–Trinajstić information content (AvgIpc) is 2.31. The molecule has 5 nitrogen and oxygen atoms in total. The number of hydrogen-bond donors (Lipinski definition) is 1. The molecule has 6 heteroatoms. The van der Waals surface area contributed by atoms with Gasteiger partial charge in [-0.3, -0.25) is 4.79 Å². The standard InChI is InChI=1S/C11H11ClN2O3/c1-2-17-11(16)10(15)14-13-7-8-5-3-4-6-9(8)12/h3-7H,2H2,1H3,(H,14,15)/b13-7+. The van der Waals surface area contributed by atoms with Crippen LogP contribution in [0, 0.1) is 0 Å². The highest BCUT2D eigenvalue weighted by Gasteiger charge is 2.12. The summed E-state index contributed by atoms with van der Waals surface area (Å²) >= 11 is 5.86. The van der Waals surface area contributed by atoms with Gasteiger partial charge in [0.25, 0.3) is 0 Å². The topological polar surface area (TPSA) is 67.8 Å². The molecule has 0 radical (unpaired) electrons. The van der Waals surface area contributed by atoms with Crippen LogP contribution in [0.2, 0.25) is 5.02 Å². The third kappa shape index (κ3) is 4.24. The Bertz CT molecular complexity index is 446. The molecule has 17 heavy (non-hydrogen) atoms. The maximum atomic E-state index is 11.1. The van der Waals surface area contributed by atoms with E-state index in [1.807, 2.05) is 5.43 Å². The lowest BCUT2D eigenvalue weighted by atomic mass is 10.2. The van der Waals surface area contributed by atoms with Crippen LogP contribution >= 0.6 is 11.6 Å². The molecular weight excluding hydrogens is 244 g/mol. The Kier molecular flexibility index (Phi) is 5.16. The van der Waals surface area contributed by atoms with Crippen LogP contribution in [0.5, 0.6) is 0 Å². The molecule has 0 unspecified atom stereocenters. The van der Waals surface area contributed by atoms with Gasteiger partial charge in [-0.15, -0.1) is 0 Å². The molecule has 0 aliphatic rings. The van der Waals surface area contributed by atoms with Gasteiger partial charge in [-0.2, -0.15) is 5.10 Å². The first-order valence-corrected chi connectivity index (χ1v) is 5.27. The summed E-state index contributed by atoms with van der Waals surface area (Å²) in [7, 11) is 0. The molecular formula is C11H11ClN2O3. The summed E-state index contributed by atoms with van der Waals surface area (Å²) in [4.78, 5) is 22.0. The summed E-state index contributed by atoms with van der Waals surface area (Å²) in [6, 6.07) is 6.97. The molecule has 1 rings (SSSR count). The van der Waals surface area contributed by atoms with Crippen molar-refractivity contribution in [1.82, 2.24) is 5.43 Å². The maximum absolute atomic E-state index is 11.1. The minimum Gasteiger partial charge on any atom is -0.459 e. The van der Waals surface area contributed by atoms with E-state index >= 15 is 0 Å². The predicted octanol–water partition coefficient (Wildman–Crippen LogP) is 1.35. The van der Waals surface area contributed by atoms with E-state index in [1.165, 1.54) is 6.21 Å². The Morgan fingerprint density at radius 2 is 2.18 bits per heavy atom. The minimum absolute atomic E-state index is 0.139. The van der Waals surface area contributed by atoms with Gasteiger partial charge in [-0.25, -0.2) is 10.2 Å². The SMILES string of the molecule is CCOC(=O)C(=O)N/N=C/c1ccccc1Cl. The number of benzene rings is 1. The van der Waals surface area contributed by atoms with E-state index in [4.69, 9.17) is 11.6 Å². The molecule has 1 amide bonds. The molecule has 1 aromatic rings. The van der Waals surface area contributed by atoms with Crippen molar-refractivity contribution < 1.29 is 14.3 Å². The summed E-state index contributed by atoms with van der Waals surface area (Å²) in [5, 5.41) is 4.10. The number of halogens is 1. The monoisotopic (exact) mass is 254 g/mol. The second kappa shape index (κ2) is 6.65. The zero-order valence-corrected chi connectivity index (χ0v) is 9.90. The number of nitrogens with one attached hydrogen (secondary N) is 1. The lowest BCUT2D eigenvalue weighted by Crippen LogP contribution is -2.28. The van der Waals surface area contributed by atoms with Crippen LogP contribution in [0.3, 0.4) is 0 Å². The summed E-state index contributed by atoms with van der Waals surface area (Å²) in [5.41, 5.74) is 2.68. The first-order valence-electron chi connectivity index (χ1n) is 4.89. The molecule has 90 valence electrons. The van der Waals surface area contributed by atoms with E-state index in [2.05, 4.69) is 9.84 Å². The molecule has 1 N–H and O–H groups in total. The third-order valence-corrected chi connectivity index (χ3v) is 2.08. The van der Waals surface area contributed by atoms with Gasteiger partial charge in [-0.1, -0.05) is 29.8 Å². The number of hydrogen-bond acceptors (Lipinski definition) is 4. The first-order chi connectivity index (χ1) is 8.15. The van der Waals surface area contributed by atoms with Gasteiger partial charge in [0.15, 0.2) is 0 Å². The Morgan fingerprint density at radius 3 is 2.82 bits per heavy atom. The van der Waals surface area contributed by atoms with E-state index in [-0.39, 0.29) is 6.61 Å². The van der Waals surface area contributed by atoms with E-state index in [0.717, 1.165) is 0 Å². The van der Waals surface area contributed by atoms with Gasteiger partial charge >= 0.3 is 11.9 Å². The fourth-order valence-electron chi connectivity index (χ4n) is 0.983. The zero-order chi connectivity index (χ0) is 12.7. The van der Waals surface area contributed by atoms with Crippen molar-refractivity contribution in [2.24, 2.45) is 5.10 Å². The van der Waals surface area contributed by atoms with E-state index in [1.54, 1.807) is 31.2 Å². The normalized spacial score (nSPS) is 10.2. The van der Waals surface area contributed by atoms with Gasteiger partial charge in [0.2, 0.25) is 0 Å². The number of carbonyl (C=O) groups is 2. The van der Waals surface area contributed by atoms with Crippen molar-refractivity contribution in [3.63, 3.8) is 0 Å². The number of rotatable bonds is 3. The van der Waals surface area contributed by atoms with Crippen LogP contribution in [0.4, 0.5) is 0 Å². The van der Waals surface area contributed by atoms with Crippen molar-refractivity contribution >= 4 is 29.7 Å². The smallest absolute Gasteiger partial charge is 0.398 e. The molecule has 0 saturated carbocycles. The van der Waals surface area contributed by atoms with Crippen LogP contribution in [0.25, 0.3) is 0 Å². The van der Waals surface area contributed by atoms with Gasteiger partial charge < -0.3 is 4.74 Å². The Hall–Kier alpha value is -1.88. The van der Waals surface area contributed by atoms with Crippen molar-refractivity contribution in [1.29, 1.82) is 0 Å². The summed E-state index contributed by atoms with van der Waals surface area (Å²) in [6.45, 7) is 1.75. The summed E-state index contributed by atoms with van der Waals surface area (Å²) in [6.07, 6.45) is 1.35. The van der Waals surface area contributed by atoms with Crippen molar-refractivity contribution in [2.75, 3.05) is 6.61 Å². The lowest BCUT2D eigenvalue weighted by Gasteiger charge is -1.99. The van der Waals surface area contributed by atoms with E-state index < -0.39 is 11.9 Å². The van der Waals surface area contributed by atoms with Gasteiger partial charge in [-0.05, 0) is 13.0 Å². The molecule has 0 heterocycles. The highest BCUT2D eigenvalue weighted by molar-refractivity contribution is 6.33. The largest absolute Gasteiger partial charge is 0.459 e. The predicted molar refractivity (Wildman–Crippen MR) is 63.8 cm³/mol. The summed E-state index contributed by atoms with van der Waals surface area (Å²) < 4.78 is 4.48. The third-order valence-electron chi connectivity index (χ3n) is 1.74. The number of nitrogens with zero attached hydrogens (tertiary/aromatic N) is 1. The maximum Gasteiger partial charge on any atom is 0.398 e. The highest BCUT2D eigenvalue weighted by Crippen LogP contribution is 2.11. The van der Waals surface area contributed by atoms with E-state index in [9.17, 15) is 9.59 Å². The second-order valence-corrected chi connectivity index (χ2v) is 3.35.